The summed E-state index contributed by atoms with van der Waals surface area (Å²) < 4.78 is 0. The molecule has 0 radical (unpaired) electrons. The van der Waals surface area contributed by atoms with Gasteiger partial charge in [-0.05, 0) is 117 Å². The zero-order valence-corrected chi connectivity index (χ0v) is 17.6. The first-order valence-electron chi connectivity index (χ1n) is 11.3. The Hall–Kier alpha value is -0.120. The van der Waals surface area contributed by atoms with E-state index in [4.69, 9.17) is 0 Å². The fourth-order valence-electron chi connectivity index (χ4n) is 9.07. The van der Waals surface area contributed by atoms with Crippen LogP contribution in [-0.4, -0.2) is 16.4 Å². The molecule has 3 heteroatoms. The van der Waals surface area contributed by atoms with E-state index in [0.717, 1.165) is 55.3 Å². The Labute approximate surface area is 161 Å². The minimum atomic E-state index is -0.134. The number of hydrogen-bond donors (Lipinski definition) is 1. The van der Waals surface area contributed by atoms with E-state index in [1.54, 1.807) is 0 Å². The van der Waals surface area contributed by atoms with Crippen molar-refractivity contribution in [2.75, 3.05) is 0 Å². The maximum Gasteiger partial charge on any atom is 0.0731 e. The van der Waals surface area contributed by atoms with Crippen LogP contribution in [0.1, 0.15) is 84.0 Å². The maximum atomic E-state index is 10.2. The third kappa shape index (κ3) is 2.35. The smallest absolute Gasteiger partial charge is 0.0731 e. The Morgan fingerprint density at radius 3 is 2.54 bits per heavy atom. The second kappa shape index (κ2) is 5.94. The van der Waals surface area contributed by atoms with Crippen LogP contribution in [0.2, 0.25) is 0 Å². The van der Waals surface area contributed by atoms with Crippen molar-refractivity contribution in [1.29, 1.82) is 5.26 Å². The Kier molecular flexibility index (Phi) is 4.10. The predicted octanol–water partition coefficient (Wildman–Crippen LogP) is 5.31. The van der Waals surface area contributed by atoms with E-state index >= 15 is 0 Å². The molecule has 5 unspecified atom stereocenters. The normalized spacial score (nSPS) is 58.7. The predicted molar refractivity (Wildman–Crippen MR) is 107 cm³/mol. The van der Waals surface area contributed by atoms with Gasteiger partial charge in [-0.2, -0.15) is 5.26 Å². The highest BCUT2D eigenvalue weighted by molar-refractivity contribution is 7.19. The van der Waals surface area contributed by atoms with Crippen molar-refractivity contribution in [3.05, 3.63) is 0 Å². The maximum absolute atomic E-state index is 10.2. The average Bonchev–Trinajstić information content (AvgIpc) is 3.01. The standard InChI is InChI=1S/C23H36NOP/c1-21-8-6-17(25)12-15(21)2-4-18-19(21)7-9-23-11-10-22(26,14-24)13-16(23)3-5-20(18)23/h15-20,25H,2-13,26H2,1H3/t15-,16+,17+,18?,19?,20?,21-,22?,23-/m0/s1. The number of fused-ring (bicyclic) bond motifs is 4. The molecule has 0 aromatic rings. The molecule has 1 N–H and O–H groups in total. The van der Waals surface area contributed by atoms with E-state index in [9.17, 15) is 10.4 Å². The van der Waals surface area contributed by atoms with Gasteiger partial charge in [0.05, 0.1) is 17.3 Å². The number of nitrogens with zero attached hydrogens (tertiary/aromatic N) is 1. The number of rotatable bonds is 0. The Bertz CT molecular complexity index is 630. The van der Waals surface area contributed by atoms with Crippen LogP contribution in [0.4, 0.5) is 0 Å². The van der Waals surface area contributed by atoms with E-state index in [1.165, 1.54) is 51.4 Å². The van der Waals surface area contributed by atoms with Crippen molar-refractivity contribution in [2.24, 2.45) is 40.4 Å². The molecule has 26 heavy (non-hydrogen) atoms. The molecule has 5 saturated carbocycles. The van der Waals surface area contributed by atoms with Crippen LogP contribution in [0.5, 0.6) is 0 Å². The molecule has 0 bridgehead atoms. The van der Waals surface area contributed by atoms with Crippen molar-refractivity contribution in [1.82, 2.24) is 0 Å². The highest BCUT2D eigenvalue weighted by atomic mass is 31.0. The van der Waals surface area contributed by atoms with E-state index in [-0.39, 0.29) is 11.3 Å². The molecule has 0 aromatic carbocycles. The molecule has 0 aromatic heterocycles. The lowest BCUT2D eigenvalue weighted by molar-refractivity contribution is -0.136. The summed E-state index contributed by atoms with van der Waals surface area (Å²) in [7, 11) is 2.92. The summed E-state index contributed by atoms with van der Waals surface area (Å²) in [4.78, 5) is 0. The van der Waals surface area contributed by atoms with Crippen molar-refractivity contribution in [3.63, 3.8) is 0 Å². The van der Waals surface area contributed by atoms with Gasteiger partial charge in [0.2, 0.25) is 0 Å². The summed E-state index contributed by atoms with van der Waals surface area (Å²) in [5, 5.41) is 19.7. The van der Waals surface area contributed by atoms with Crippen LogP contribution >= 0.6 is 9.24 Å². The SMILES string of the molecule is C[C@]12CC[C@@H](O)C[C@@H]1CCC1C3CC[C@@H]4CC(P)(C#N)CC[C@]34CCC12. The molecule has 10 atom stereocenters. The lowest BCUT2D eigenvalue weighted by Gasteiger charge is -2.62. The van der Waals surface area contributed by atoms with Gasteiger partial charge in [-0.3, -0.25) is 0 Å². The minimum Gasteiger partial charge on any atom is -0.393 e. The van der Waals surface area contributed by atoms with E-state index < -0.39 is 0 Å². The van der Waals surface area contributed by atoms with E-state index in [2.05, 4.69) is 22.2 Å². The lowest BCUT2D eigenvalue weighted by Crippen LogP contribution is -2.55. The minimum absolute atomic E-state index is 0.0325. The third-order valence-corrected chi connectivity index (χ3v) is 11.1. The summed E-state index contributed by atoms with van der Waals surface area (Å²) in [5.74, 6) is 4.34. The van der Waals surface area contributed by atoms with Crippen LogP contribution < -0.4 is 0 Å². The molecule has 0 aliphatic heterocycles. The third-order valence-electron chi connectivity index (χ3n) is 10.4. The van der Waals surface area contributed by atoms with Crippen LogP contribution in [-0.2, 0) is 0 Å². The van der Waals surface area contributed by atoms with Gasteiger partial charge in [-0.15, -0.1) is 9.24 Å². The van der Waals surface area contributed by atoms with Crippen molar-refractivity contribution >= 4 is 9.24 Å². The van der Waals surface area contributed by atoms with Crippen molar-refractivity contribution in [2.45, 2.75) is 95.2 Å². The topological polar surface area (TPSA) is 44.0 Å². The van der Waals surface area contributed by atoms with E-state index in [0.29, 0.717) is 10.8 Å². The lowest BCUT2D eigenvalue weighted by atomic mass is 9.43. The fraction of sp³-hybridized carbons (Fsp3) is 0.957. The van der Waals surface area contributed by atoms with Crippen molar-refractivity contribution in [3.8, 4) is 6.07 Å². The molecule has 5 aliphatic rings. The Morgan fingerprint density at radius 1 is 0.923 bits per heavy atom. The first-order valence-corrected chi connectivity index (χ1v) is 11.9. The molecule has 0 saturated heterocycles. The zero-order chi connectivity index (χ0) is 18.2. The Balaban J connectivity index is 1.42. The van der Waals surface area contributed by atoms with Gasteiger partial charge in [0, 0.05) is 0 Å². The van der Waals surface area contributed by atoms with Gasteiger partial charge in [0.15, 0.2) is 0 Å². The fourth-order valence-corrected chi connectivity index (χ4v) is 9.50. The number of hydrogen-bond acceptors (Lipinski definition) is 2. The summed E-state index contributed by atoms with van der Waals surface area (Å²) in [6, 6.07) is 2.63. The molecule has 5 rings (SSSR count). The Morgan fingerprint density at radius 2 is 1.73 bits per heavy atom. The summed E-state index contributed by atoms with van der Waals surface area (Å²) in [6.07, 6.45) is 15.3. The van der Waals surface area contributed by atoms with E-state index in [1.807, 2.05) is 0 Å². The number of nitriles is 1. The van der Waals surface area contributed by atoms with Gasteiger partial charge in [-0.25, -0.2) is 0 Å². The number of aliphatic hydroxyl groups excluding tert-OH is 1. The highest BCUT2D eigenvalue weighted by Gasteiger charge is 2.63. The van der Waals surface area contributed by atoms with Crippen LogP contribution in [0, 0.1) is 51.8 Å². The van der Waals surface area contributed by atoms with Crippen LogP contribution in [0.15, 0.2) is 0 Å². The molecule has 0 amide bonds. The van der Waals surface area contributed by atoms with Crippen LogP contribution in [0.25, 0.3) is 0 Å². The molecule has 5 fully saturated rings. The summed E-state index contributed by atoms with van der Waals surface area (Å²) >= 11 is 0. The van der Waals surface area contributed by atoms with Gasteiger partial charge in [0.25, 0.3) is 0 Å². The molecular weight excluding hydrogens is 337 g/mol. The first-order chi connectivity index (χ1) is 12.4. The first kappa shape index (κ1) is 17.9. The van der Waals surface area contributed by atoms with Gasteiger partial charge in [-0.1, -0.05) is 6.92 Å². The quantitative estimate of drug-likeness (QED) is 0.585. The molecule has 0 heterocycles. The highest BCUT2D eigenvalue weighted by Crippen LogP contribution is 2.71. The largest absolute Gasteiger partial charge is 0.393 e. The molecule has 1 spiro atoms. The molecule has 5 aliphatic carbocycles. The second-order valence-electron chi connectivity index (χ2n) is 11.1. The van der Waals surface area contributed by atoms with Crippen molar-refractivity contribution < 1.29 is 5.11 Å². The van der Waals surface area contributed by atoms with Gasteiger partial charge in [0.1, 0.15) is 0 Å². The van der Waals surface area contributed by atoms with Gasteiger partial charge >= 0.3 is 0 Å². The average molecular weight is 374 g/mol. The number of aliphatic hydroxyl groups is 1. The summed E-state index contributed by atoms with van der Waals surface area (Å²) in [6.45, 7) is 2.59. The monoisotopic (exact) mass is 373 g/mol. The second-order valence-corrected chi connectivity index (χ2v) is 12.2. The van der Waals surface area contributed by atoms with Crippen LogP contribution in [0.3, 0.4) is 0 Å². The zero-order valence-electron chi connectivity index (χ0n) is 16.4. The molecular formula is C23H36NOP. The molecule has 2 nitrogen and oxygen atoms in total. The summed E-state index contributed by atoms with van der Waals surface area (Å²) in [5.41, 5.74) is 1.07. The molecule has 144 valence electrons. The van der Waals surface area contributed by atoms with Gasteiger partial charge < -0.3 is 5.11 Å².